The molecule has 2 atom stereocenters. The summed E-state index contributed by atoms with van der Waals surface area (Å²) >= 11 is 7.44. The highest BCUT2D eigenvalue weighted by Gasteiger charge is 2.51. The molecule has 0 aliphatic carbocycles. The van der Waals surface area contributed by atoms with E-state index >= 15 is 0 Å². The molecule has 2 aliphatic rings. The van der Waals surface area contributed by atoms with E-state index in [1.807, 2.05) is 40.9 Å². The summed E-state index contributed by atoms with van der Waals surface area (Å²) < 4.78 is 1.57. The predicted molar refractivity (Wildman–Crippen MR) is 215 cm³/mol. The van der Waals surface area contributed by atoms with Gasteiger partial charge in [0.15, 0.2) is 8.07 Å². The molecule has 258 valence electrons. The molecule has 8 heteroatoms. The SMILES string of the molecule is CCCCCCCCCCCCN1C(=O)c2c(C)sc(-c3cc4c(s3)-c3sc(C)cc3[Si]4(CC(CC)CCCC)c3cccs3)c2C1=O. The van der Waals surface area contributed by atoms with Crippen LogP contribution < -0.4 is 14.9 Å². The van der Waals surface area contributed by atoms with E-state index in [2.05, 4.69) is 57.3 Å². The number of fused-ring (bicyclic) bond motifs is 4. The predicted octanol–water partition coefficient (Wildman–Crippen LogP) is 11.4. The molecule has 0 N–H and O–H groups in total. The van der Waals surface area contributed by atoms with Crippen LogP contribution in [0.1, 0.15) is 141 Å². The molecule has 2 unspecified atom stereocenters. The Kier molecular flexibility index (Phi) is 12.0. The van der Waals surface area contributed by atoms with Crippen molar-refractivity contribution in [3.8, 4) is 19.5 Å². The summed E-state index contributed by atoms with van der Waals surface area (Å²) in [4.78, 5) is 36.8. The molecule has 48 heavy (non-hydrogen) atoms. The van der Waals surface area contributed by atoms with E-state index in [1.165, 1.54) is 103 Å². The zero-order chi connectivity index (χ0) is 33.8. The quantitative estimate of drug-likeness (QED) is 0.0546. The van der Waals surface area contributed by atoms with Crippen molar-refractivity contribution in [2.24, 2.45) is 5.92 Å². The molecule has 6 rings (SSSR count). The van der Waals surface area contributed by atoms with Crippen LogP contribution in [0.25, 0.3) is 19.5 Å². The lowest BCUT2D eigenvalue weighted by molar-refractivity contribution is 0.0651. The van der Waals surface area contributed by atoms with Crippen molar-refractivity contribution in [2.75, 3.05) is 6.54 Å². The monoisotopic (exact) mass is 735 g/mol. The Morgan fingerprint density at radius 3 is 2.04 bits per heavy atom. The average molecular weight is 736 g/mol. The lowest BCUT2D eigenvalue weighted by Crippen LogP contribution is -2.64. The molecule has 6 heterocycles. The molecule has 4 aromatic rings. The maximum Gasteiger partial charge on any atom is 0.263 e. The average Bonchev–Trinajstić information content (AvgIpc) is 3.92. The summed E-state index contributed by atoms with van der Waals surface area (Å²) in [5.74, 6) is 0.557. The molecule has 0 radical (unpaired) electrons. The van der Waals surface area contributed by atoms with Crippen LogP contribution in [-0.2, 0) is 0 Å². The summed E-state index contributed by atoms with van der Waals surface area (Å²) in [7, 11) is -2.24. The van der Waals surface area contributed by atoms with Gasteiger partial charge >= 0.3 is 0 Å². The van der Waals surface area contributed by atoms with Crippen LogP contribution in [0.3, 0.4) is 0 Å². The number of hydrogen-bond donors (Lipinski definition) is 0. The molecular formula is C40H53NO2S4Si. The van der Waals surface area contributed by atoms with Gasteiger partial charge in [-0.15, -0.1) is 34.0 Å². The van der Waals surface area contributed by atoms with Crippen LogP contribution in [-0.4, -0.2) is 31.3 Å². The van der Waals surface area contributed by atoms with Gasteiger partial charge in [-0.1, -0.05) is 116 Å². The third kappa shape index (κ3) is 6.78. The molecule has 3 nitrogen and oxygen atoms in total. The highest BCUT2D eigenvalue weighted by Crippen LogP contribution is 2.48. The van der Waals surface area contributed by atoms with Crippen molar-refractivity contribution in [1.82, 2.24) is 4.90 Å². The van der Waals surface area contributed by atoms with Gasteiger partial charge in [0.1, 0.15) is 0 Å². The second kappa shape index (κ2) is 16.0. The first-order valence-corrected chi connectivity index (χ1v) is 24.2. The molecule has 0 fully saturated rings. The second-order valence-corrected chi connectivity index (χ2v) is 22.8. The number of thiophene rings is 4. The molecule has 2 aliphatic heterocycles. The van der Waals surface area contributed by atoms with E-state index in [0.717, 1.165) is 22.6 Å². The Morgan fingerprint density at radius 2 is 1.38 bits per heavy atom. The lowest BCUT2D eigenvalue weighted by Gasteiger charge is -2.31. The van der Waals surface area contributed by atoms with Crippen molar-refractivity contribution < 1.29 is 9.59 Å². The maximum absolute atomic E-state index is 14.0. The van der Waals surface area contributed by atoms with E-state index in [4.69, 9.17) is 0 Å². The number of amides is 2. The minimum absolute atomic E-state index is 0.0705. The number of imide groups is 1. The largest absolute Gasteiger partial charge is 0.274 e. The number of aryl methyl sites for hydroxylation is 2. The fourth-order valence-corrected chi connectivity index (χ4v) is 20.7. The van der Waals surface area contributed by atoms with E-state index in [-0.39, 0.29) is 11.8 Å². The topological polar surface area (TPSA) is 37.4 Å². The Morgan fingerprint density at radius 1 is 0.729 bits per heavy atom. The smallest absolute Gasteiger partial charge is 0.263 e. The van der Waals surface area contributed by atoms with Gasteiger partial charge in [0, 0.05) is 35.4 Å². The first-order chi connectivity index (χ1) is 23.3. The molecule has 0 saturated heterocycles. The van der Waals surface area contributed by atoms with Gasteiger partial charge in [-0.3, -0.25) is 14.5 Å². The maximum atomic E-state index is 14.0. The molecule has 0 spiro atoms. The third-order valence-corrected chi connectivity index (χ3v) is 21.7. The van der Waals surface area contributed by atoms with Crippen molar-refractivity contribution >= 4 is 80.1 Å². The minimum atomic E-state index is -2.24. The Hall–Kier alpha value is -1.84. The molecule has 0 bridgehead atoms. The summed E-state index contributed by atoms with van der Waals surface area (Å²) in [6.07, 6.45) is 17.5. The van der Waals surface area contributed by atoms with Gasteiger partial charge in [-0.2, -0.15) is 11.3 Å². The number of nitrogens with zero attached hydrogens (tertiary/aromatic N) is 1. The van der Waals surface area contributed by atoms with Crippen molar-refractivity contribution in [3.63, 3.8) is 0 Å². The lowest BCUT2D eigenvalue weighted by atomic mass is 10.0. The van der Waals surface area contributed by atoms with Gasteiger partial charge in [0.25, 0.3) is 11.8 Å². The highest BCUT2D eigenvalue weighted by molar-refractivity contribution is 7.38. The summed E-state index contributed by atoms with van der Waals surface area (Å²) in [5, 5.41) is 5.45. The van der Waals surface area contributed by atoms with Crippen LogP contribution in [0.4, 0.5) is 0 Å². The first-order valence-electron chi connectivity index (χ1n) is 18.6. The van der Waals surface area contributed by atoms with Crippen molar-refractivity contribution in [3.05, 3.63) is 50.5 Å². The van der Waals surface area contributed by atoms with Crippen molar-refractivity contribution in [1.29, 1.82) is 0 Å². The first kappa shape index (κ1) is 36.0. The zero-order valence-electron chi connectivity index (χ0n) is 29.7. The standard InChI is InChI=1S/C40H53NO2S4Si/c1-6-9-11-12-13-14-15-16-17-18-22-41-39(42)34-28(5)46-36(35(34)40(41)43)30-25-32-38(47-30)37-31(24-27(4)45-37)48(32,33-21-19-23-44-33)26-29(8-3)20-10-7-2/h19,21,23-25,29H,6-18,20,22,26H2,1-5H3. The van der Waals surface area contributed by atoms with Crippen LogP contribution in [0.5, 0.6) is 0 Å². The second-order valence-electron chi connectivity index (χ2n) is 14.1. The van der Waals surface area contributed by atoms with Gasteiger partial charge in [-0.05, 0) is 60.1 Å². The molecule has 4 aromatic heterocycles. The van der Waals surface area contributed by atoms with Crippen LogP contribution in [0.2, 0.25) is 6.04 Å². The Bertz CT molecular complexity index is 1710. The summed E-state index contributed by atoms with van der Waals surface area (Å²) in [6, 6.07) is 10.9. The number of rotatable bonds is 19. The van der Waals surface area contributed by atoms with Crippen LogP contribution >= 0.6 is 45.3 Å². The van der Waals surface area contributed by atoms with Crippen LogP contribution in [0.15, 0.2) is 29.6 Å². The molecule has 0 saturated carbocycles. The number of unbranched alkanes of at least 4 members (excludes halogenated alkanes) is 10. The molecule has 2 amide bonds. The molecular weight excluding hydrogens is 683 g/mol. The van der Waals surface area contributed by atoms with E-state index < -0.39 is 8.07 Å². The Labute approximate surface area is 305 Å². The van der Waals surface area contributed by atoms with Gasteiger partial charge in [0.2, 0.25) is 0 Å². The van der Waals surface area contributed by atoms with Crippen molar-refractivity contribution in [2.45, 2.75) is 131 Å². The fraction of sp³-hybridized carbons (Fsp3) is 0.550. The number of hydrogen-bond acceptors (Lipinski definition) is 6. The Balaban J connectivity index is 1.26. The number of carbonyl (C=O) groups is 2. The van der Waals surface area contributed by atoms with Gasteiger partial charge in [0.05, 0.1) is 16.0 Å². The summed E-state index contributed by atoms with van der Waals surface area (Å²) in [5.41, 5.74) is 1.34. The normalized spacial score (nSPS) is 17.4. The van der Waals surface area contributed by atoms with E-state index in [0.29, 0.717) is 23.6 Å². The van der Waals surface area contributed by atoms with Gasteiger partial charge in [-0.25, -0.2) is 0 Å². The summed E-state index contributed by atoms with van der Waals surface area (Å²) in [6.45, 7) is 11.8. The number of carbonyl (C=O) groups excluding carboxylic acids is 2. The fourth-order valence-electron chi connectivity index (χ4n) is 8.12. The zero-order valence-corrected chi connectivity index (χ0v) is 33.9. The highest BCUT2D eigenvalue weighted by atomic mass is 32.1. The van der Waals surface area contributed by atoms with E-state index in [9.17, 15) is 9.59 Å². The van der Waals surface area contributed by atoms with E-state index in [1.54, 1.807) is 31.1 Å². The van der Waals surface area contributed by atoms with Crippen LogP contribution in [0, 0.1) is 19.8 Å². The third-order valence-electron chi connectivity index (χ3n) is 10.8. The minimum Gasteiger partial charge on any atom is -0.274 e. The molecule has 0 aromatic carbocycles. The van der Waals surface area contributed by atoms with Gasteiger partial charge < -0.3 is 0 Å².